The topological polar surface area (TPSA) is 80.1 Å². The lowest BCUT2D eigenvalue weighted by atomic mass is 9.80. The van der Waals surface area contributed by atoms with Gasteiger partial charge in [-0.05, 0) is 49.6 Å². The molecule has 31 heavy (non-hydrogen) atoms. The Morgan fingerprint density at radius 1 is 1.13 bits per heavy atom. The van der Waals surface area contributed by atoms with Crippen molar-refractivity contribution in [2.24, 2.45) is 5.41 Å². The Bertz CT molecular complexity index is 1070. The fourth-order valence-electron chi connectivity index (χ4n) is 3.82. The quantitative estimate of drug-likeness (QED) is 0.657. The molecular formula is C23H24ClN5O2. The van der Waals surface area contributed by atoms with Crippen LogP contribution in [0.1, 0.15) is 35.7 Å². The molecule has 2 amide bonds. The summed E-state index contributed by atoms with van der Waals surface area (Å²) in [5.74, 6) is 0.0266. The Labute approximate surface area is 186 Å². The number of carbonyl (C=O) groups excluding carboxylic acids is 2. The van der Waals surface area contributed by atoms with Crippen molar-refractivity contribution < 1.29 is 9.59 Å². The number of aromatic nitrogens is 3. The SMILES string of the molecule is CC1(C(=O)Nc2ncn(Cc3ccc(Cl)cc3)n2)CCCN(C(=O)c2ccccc2)C1. The number of rotatable bonds is 5. The lowest BCUT2D eigenvalue weighted by Crippen LogP contribution is -2.50. The third kappa shape index (κ3) is 4.94. The molecule has 1 fully saturated rings. The lowest BCUT2D eigenvalue weighted by molar-refractivity contribution is -0.127. The second kappa shape index (κ2) is 8.89. The van der Waals surface area contributed by atoms with Crippen LogP contribution in [0.25, 0.3) is 0 Å². The molecule has 1 saturated heterocycles. The first-order chi connectivity index (χ1) is 14.9. The summed E-state index contributed by atoms with van der Waals surface area (Å²) >= 11 is 5.92. The third-order valence-corrected chi connectivity index (χ3v) is 5.82. The Morgan fingerprint density at radius 2 is 1.87 bits per heavy atom. The van der Waals surface area contributed by atoms with Crippen LogP contribution in [0.3, 0.4) is 0 Å². The van der Waals surface area contributed by atoms with Gasteiger partial charge in [0.25, 0.3) is 5.91 Å². The average molecular weight is 438 g/mol. The molecule has 160 valence electrons. The maximum absolute atomic E-state index is 13.0. The molecule has 1 N–H and O–H groups in total. The molecule has 1 aromatic heterocycles. The van der Waals surface area contributed by atoms with Gasteiger partial charge in [-0.2, -0.15) is 0 Å². The number of piperidine rings is 1. The summed E-state index contributed by atoms with van der Waals surface area (Å²) in [6.07, 6.45) is 3.04. The molecule has 1 atom stereocenters. The standard InChI is InChI=1S/C23H24ClN5O2/c1-23(12-5-13-28(15-23)20(30)18-6-3-2-4-7-18)21(31)26-22-25-16-29(27-22)14-17-8-10-19(24)11-9-17/h2-4,6-11,16H,5,12-15H2,1H3,(H,26,27,31). The zero-order valence-electron chi connectivity index (χ0n) is 17.3. The minimum Gasteiger partial charge on any atom is -0.338 e. The maximum Gasteiger partial charge on any atom is 0.253 e. The zero-order valence-corrected chi connectivity index (χ0v) is 18.0. The minimum absolute atomic E-state index is 0.0512. The normalized spacial score (nSPS) is 18.6. The number of amides is 2. The summed E-state index contributed by atoms with van der Waals surface area (Å²) < 4.78 is 1.66. The van der Waals surface area contributed by atoms with Crippen LogP contribution < -0.4 is 5.32 Å². The second-order valence-corrected chi connectivity index (χ2v) is 8.54. The minimum atomic E-state index is -0.704. The van der Waals surface area contributed by atoms with Crippen molar-refractivity contribution in [2.45, 2.75) is 26.3 Å². The highest BCUT2D eigenvalue weighted by molar-refractivity contribution is 6.30. The van der Waals surface area contributed by atoms with Crippen molar-refractivity contribution in [3.8, 4) is 0 Å². The van der Waals surface area contributed by atoms with Crippen LogP contribution in [-0.2, 0) is 11.3 Å². The highest BCUT2D eigenvalue weighted by atomic mass is 35.5. The van der Waals surface area contributed by atoms with Gasteiger partial charge in [0.15, 0.2) is 0 Å². The Morgan fingerprint density at radius 3 is 2.61 bits per heavy atom. The fraction of sp³-hybridized carbons (Fsp3) is 0.304. The van der Waals surface area contributed by atoms with Gasteiger partial charge >= 0.3 is 0 Å². The number of nitrogens with one attached hydrogen (secondary N) is 1. The summed E-state index contributed by atoms with van der Waals surface area (Å²) in [5.41, 5.74) is 0.959. The first-order valence-corrected chi connectivity index (χ1v) is 10.6. The van der Waals surface area contributed by atoms with Crippen LogP contribution in [0.15, 0.2) is 60.9 Å². The molecule has 1 aliphatic heterocycles. The number of halogens is 1. The number of hydrogen-bond acceptors (Lipinski definition) is 4. The van der Waals surface area contributed by atoms with Crippen LogP contribution in [0.5, 0.6) is 0 Å². The number of hydrogen-bond donors (Lipinski definition) is 1. The number of benzene rings is 2. The molecule has 4 rings (SSSR count). The number of anilines is 1. The highest BCUT2D eigenvalue weighted by Gasteiger charge is 2.40. The molecule has 0 spiro atoms. The average Bonchev–Trinajstić information content (AvgIpc) is 3.22. The van der Waals surface area contributed by atoms with Crippen molar-refractivity contribution in [2.75, 3.05) is 18.4 Å². The molecule has 0 bridgehead atoms. The molecule has 2 heterocycles. The van der Waals surface area contributed by atoms with E-state index in [1.54, 1.807) is 28.0 Å². The molecule has 0 saturated carbocycles. The smallest absolute Gasteiger partial charge is 0.253 e. The third-order valence-electron chi connectivity index (χ3n) is 5.57. The van der Waals surface area contributed by atoms with Gasteiger partial charge in [-0.25, -0.2) is 9.67 Å². The second-order valence-electron chi connectivity index (χ2n) is 8.10. The summed E-state index contributed by atoms with van der Waals surface area (Å²) in [6, 6.07) is 16.6. The van der Waals surface area contributed by atoms with Gasteiger partial charge in [0.1, 0.15) is 6.33 Å². The van der Waals surface area contributed by atoms with E-state index >= 15 is 0 Å². The Hall–Kier alpha value is -3.19. The Kier molecular flexibility index (Phi) is 6.04. The molecule has 1 unspecified atom stereocenters. The predicted octanol–water partition coefficient (Wildman–Crippen LogP) is 3.86. The summed E-state index contributed by atoms with van der Waals surface area (Å²) in [6.45, 7) is 3.41. The first kappa shape index (κ1) is 21.1. The zero-order chi connectivity index (χ0) is 21.8. The van der Waals surface area contributed by atoms with E-state index in [1.165, 1.54) is 0 Å². The molecule has 1 aliphatic rings. The predicted molar refractivity (Wildman–Crippen MR) is 119 cm³/mol. The van der Waals surface area contributed by atoms with Crippen molar-refractivity contribution in [1.82, 2.24) is 19.7 Å². The maximum atomic E-state index is 13.0. The highest BCUT2D eigenvalue weighted by Crippen LogP contribution is 2.31. The van der Waals surface area contributed by atoms with Crippen molar-refractivity contribution in [1.29, 1.82) is 0 Å². The van der Waals surface area contributed by atoms with Gasteiger partial charge in [-0.15, -0.1) is 5.10 Å². The van der Waals surface area contributed by atoms with Crippen LogP contribution in [0.2, 0.25) is 5.02 Å². The van der Waals surface area contributed by atoms with Gasteiger partial charge in [-0.1, -0.05) is 41.9 Å². The summed E-state index contributed by atoms with van der Waals surface area (Å²) in [7, 11) is 0. The van der Waals surface area contributed by atoms with E-state index in [2.05, 4.69) is 15.4 Å². The van der Waals surface area contributed by atoms with E-state index in [-0.39, 0.29) is 17.8 Å². The molecule has 3 aromatic rings. The first-order valence-electron chi connectivity index (χ1n) is 10.2. The molecule has 7 nitrogen and oxygen atoms in total. The monoisotopic (exact) mass is 437 g/mol. The van der Waals surface area contributed by atoms with Gasteiger partial charge in [-0.3, -0.25) is 14.9 Å². The molecular weight excluding hydrogens is 414 g/mol. The van der Waals surface area contributed by atoms with Gasteiger partial charge in [0.2, 0.25) is 11.9 Å². The number of nitrogens with zero attached hydrogens (tertiary/aromatic N) is 4. The fourth-order valence-corrected chi connectivity index (χ4v) is 3.94. The van der Waals surface area contributed by atoms with Crippen molar-refractivity contribution in [3.63, 3.8) is 0 Å². The van der Waals surface area contributed by atoms with Crippen molar-refractivity contribution >= 4 is 29.4 Å². The van der Waals surface area contributed by atoms with E-state index in [1.807, 2.05) is 49.4 Å². The van der Waals surface area contributed by atoms with Crippen LogP contribution in [-0.4, -0.2) is 44.6 Å². The summed E-state index contributed by atoms with van der Waals surface area (Å²) in [5, 5.41) is 7.86. The largest absolute Gasteiger partial charge is 0.338 e. The van der Waals surface area contributed by atoms with Gasteiger partial charge in [0.05, 0.1) is 12.0 Å². The van der Waals surface area contributed by atoms with Gasteiger partial charge < -0.3 is 4.90 Å². The Balaban J connectivity index is 1.40. The number of carbonyl (C=O) groups is 2. The number of likely N-dealkylation sites (tertiary alicyclic amines) is 1. The lowest BCUT2D eigenvalue weighted by Gasteiger charge is -2.39. The molecule has 8 heteroatoms. The van der Waals surface area contributed by atoms with Crippen LogP contribution in [0.4, 0.5) is 5.95 Å². The van der Waals surface area contributed by atoms with E-state index < -0.39 is 5.41 Å². The van der Waals surface area contributed by atoms with Gasteiger partial charge in [0, 0.05) is 23.7 Å². The van der Waals surface area contributed by atoms with Crippen LogP contribution in [0, 0.1) is 5.41 Å². The van der Waals surface area contributed by atoms with Crippen LogP contribution >= 0.6 is 11.6 Å². The van der Waals surface area contributed by atoms with E-state index in [0.29, 0.717) is 36.6 Å². The molecule has 2 aromatic carbocycles. The van der Waals surface area contributed by atoms with E-state index in [0.717, 1.165) is 12.0 Å². The van der Waals surface area contributed by atoms with E-state index in [4.69, 9.17) is 11.6 Å². The molecule has 0 aliphatic carbocycles. The summed E-state index contributed by atoms with van der Waals surface area (Å²) in [4.78, 5) is 31.8. The van der Waals surface area contributed by atoms with E-state index in [9.17, 15) is 9.59 Å². The van der Waals surface area contributed by atoms with Crippen molar-refractivity contribution in [3.05, 3.63) is 77.1 Å². The molecule has 0 radical (unpaired) electrons.